The van der Waals surface area contributed by atoms with Crippen LogP contribution < -0.4 is 10.1 Å². The number of hydrogen-bond donors (Lipinski definition) is 1. The summed E-state index contributed by atoms with van der Waals surface area (Å²) in [6.07, 6.45) is 2.88. The topological polar surface area (TPSA) is 46.6 Å². The van der Waals surface area contributed by atoms with Crippen molar-refractivity contribution in [2.24, 2.45) is 0 Å². The molecule has 0 saturated carbocycles. The first-order valence-corrected chi connectivity index (χ1v) is 6.84. The molecule has 19 heavy (non-hydrogen) atoms. The van der Waals surface area contributed by atoms with Gasteiger partial charge in [-0.15, -0.1) is 0 Å². The fraction of sp³-hybridized carbons (Fsp3) is 0.643. The highest BCUT2D eigenvalue weighted by atomic mass is 16.5. The number of morpholine rings is 1. The van der Waals surface area contributed by atoms with Crippen LogP contribution in [0.25, 0.3) is 0 Å². The minimum atomic E-state index is 0.803. The second kappa shape index (κ2) is 7.31. The summed E-state index contributed by atoms with van der Waals surface area (Å²) in [5, 5.41) is 3.42. The molecule has 2 heterocycles. The number of anilines is 1. The van der Waals surface area contributed by atoms with Crippen molar-refractivity contribution in [2.75, 3.05) is 51.8 Å². The molecule has 0 bridgehead atoms. The molecule has 1 fully saturated rings. The van der Waals surface area contributed by atoms with Gasteiger partial charge in [-0.1, -0.05) is 0 Å². The van der Waals surface area contributed by atoms with Crippen molar-refractivity contribution in [3.8, 4) is 5.75 Å². The van der Waals surface area contributed by atoms with E-state index < -0.39 is 0 Å². The van der Waals surface area contributed by atoms with Crippen molar-refractivity contribution in [1.29, 1.82) is 0 Å². The summed E-state index contributed by atoms with van der Waals surface area (Å²) in [7, 11) is 1.67. The van der Waals surface area contributed by atoms with Gasteiger partial charge in [0.25, 0.3) is 0 Å². The lowest BCUT2D eigenvalue weighted by Gasteiger charge is -2.26. The summed E-state index contributed by atoms with van der Waals surface area (Å²) in [6, 6.07) is 2.02. The maximum Gasteiger partial charge on any atom is 0.160 e. The lowest BCUT2D eigenvalue weighted by Crippen LogP contribution is -2.37. The van der Waals surface area contributed by atoms with Gasteiger partial charge in [-0.05, 0) is 26.0 Å². The Hall–Kier alpha value is -1.33. The van der Waals surface area contributed by atoms with Gasteiger partial charge in [-0.25, -0.2) is 0 Å². The van der Waals surface area contributed by atoms with Gasteiger partial charge in [-0.3, -0.25) is 9.88 Å². The normalized spacial score (nSPS) is 16.3. The molecule has 0 amide bonds. The molecule has 1 aliphatic rings. The van der Waals surface area contributed by atoms with E-state index >= 15 is 0 Å². The van der Waals surface area contributed by atoms with Gasteiger partial charge in [0.2, 0.25) is 0 Å². The molecule has 1 aliphatic heterocycles. The van der Waals surface area contributed by atoms with Crippen molar-refractivity contribution in [3.05, 3.63) is 18.0 Å². The van der Waals surface area contributed by atoms with Gasteiger partial charge < -0.3 is 14.8 Å². The quantitative estimate of drug-likeness (QED) is 0.790. The number of rotatable bonds is 6. The third kappa shape index (κ3) is 4.36. The SMILES string of the molecule is COc1cnc(C)cc1NCCCN1CCOCC1. The number of hydrogen-bond acceptors (Lipinski definition) is 5. The monoisotopic (exact) mass is 265 g/mol. The van der Waals surface area contributed by atoms with Gasteiger partial charge in [0.1, 0.15) is 0 Å². The number of methoxy groups -OCH3 is 1. The fourth-order valence-electron chi connectivity index (χ4n) is 2.20. The zero-order valence-electron chi connectivity index (χ0n) is 11.8. The average molecular weight is 265 g/mol. The standard InChI is InChI=1S/C14H23N3O2/c1-12-10-13(14(18-2)11-16-12)15-4-3-5-17-6-8-19-9-7-17/h10-11H,3-9H2,1-2H3,(H,15,16). The van der Waals surface area contributed by atoms with E-state index in [4.69, 9.17) is 9.47 Å². The van der Waals surface area contributed by atoms with E-state index in [1.165, 1.54) is 0 Å². The molecule has 106 valence electrons. The van der Waals surface area contributed by atoms with Crippen molar-refractivity contribution < 1.29 is 9.47 Å². The van der Waals surface area contributed by atoms with Crippen LogP contribution in [-0.4, -0.2) is 56.4 Å². The average Bonchev–Trinajstić information content (AvgIpc) is 2.45. The molecular weight excluding hydrogens is 242 g/mol. The van der Waals surface area contributed by atoms with E-state index in [0.29, 0.717) is 0 Å². The summed E-state index contributed by atoms with van der Waals surface area (Å²) < 4.78 is 10.6. The Balaban J connectivity index is 1.74. The smallest absolute Gasteiger partial charge is 0.160 e. The van der Waals surface area contributed by atoms with Crippen molar-refractivity contribution in [2.45, 2.75) is 13.3 Å². The predicted molar refractivity (Wildman–Crippen MR) is 75.9 cm³/mol. The molecule has 2 rings (SSSR count). The Morgan fingerprint density at radius 2 is 2.21 bits per heavy atom. The highest BCUT2D eigenvalue weighted by Crippen LogP contribution is 2.23. The van der Waals surface area contributed by atoms with Crippen LogP contribution in [-0.2, 0) is 4.74 Å². The van der Waals surface area contributed by atoms with Crippen LogP contribution in [0.5, 0.6) is 5.75 Å². The number of nitrogens with zero attached hydrogens (tertiary/aromatic N) is 2. The summed E-state index contributed by atoms with van der Waals surface area (Å²) in [6.45, 7) is 7.88. The minimum absolute atomic E-state index is 0.803. The third-order valence-corrected chi connectivity index (χ3v) is 3.29. The Bertz CT molecular complexity index is 392. The molecule has 0 atom stereocenters. The van der Waals surface area contributed by atoms with Crippen LogP contribution >= 0.6 is 0 Å². The van der Waals surface area contributed by atoms with Gasteiger partial charge in [-0.2, -0.15) is 0 Å². The Kier molecular flexibility index (Phi) is 5.42. The third-order valence-electron chi connectivity index (χ3n) is 3.29. The zero-order chi connectivity index (χ0) is 13.5. The summed E-state index contributed by atoms with van der Waals surface area (Å²) in [5.41, 5.74) is 2.02. The first-order chi connectivity index (χ1) is 9.29. The van der Waals surface area contributed by atoms with Crippen molar-refractivity contribution >= 4 is 5.69 Å². The molecule has 0 aliphatic carbocycles. The Labute approximate surface area is 114 Å². The minimum Gasteiger partial charge on any atom is -0.493 e. The number of ether oxygens (including phenoxy) is 2. The second-order valence-corrected chi connectivity index (χ2v) is 4.76. The van der Waals surface area contributed by atoms with E-state index in [0.717, 1.165) is 62.9 Å². The molecule has 0 radical (unpaired) electrons. The zero-order valence-corrected chi connectivity index (χ0v) is 11.8. The molecule has 1 N–H and O–H groups in total. The largest absolute Gasteiger partial charge is 0.493 e. The Morgan fingerprint density at radius 1 is 1.42 bits per heavy atom. The molecule has 0 spiro atoms. The number of pyridine rings is 1. The lowest BCUT2D eigenvalue weighted by molar-refractivity contribution is 0.0378. The summed E-state index contributed by atoms with van der Waals surface area (Å²) in [5.74, 6) is 0.803. The van der Waals surface area contributed by atoms with Crippen molar-refractivity contribution in [1.82, 2.24) is 9.88 Å². The molecule has 5 heteroatoms. The van der Waals surface area contributed by atoms with Crippen molar-refractivity contribution in [3.63, 3.8) is 0 Å². The maximum absolute atomic E-state index is 5.34. The summed E-state index contributed by atoms with van der Waals surface area (Å²) >= 11 is 0. The van der Waals surface area contributed by atoms with E-state index in [-0.39, 0.29) is 0 Å². The molecule has 1 aromatic rings. The number of nitrogens with one attached hydrogen (secondary N) is 1. The second-order valence-electron chi connectivity index (χ2n) is 4.76. The van der Waals surface area contributed by atoms with Crippen LogP contribution in [0.15, 0.2) is 12.3 Å². The highest BCUT2D eigenvalue weighted by Gasteiger charge is 2.09. The summed E-state index contributed by atoms with van der Waals surface area (Å²) in [4.78, 5) is 6.67. The van der Waals surface area contributed by atoms with E-state index in [1.807, 2.05) is 13.0 Å². The molecule has 0 aromatic carbocycles. The van der Waals surface area contributed by atoms with Crippen LogP contribution in [0, 0.1) is 6.92 Å². The first-order valence-electron chi connectivity index (χ1n) is 6.84. The van der Waals surface area contributed by atoms with Gasteiger partial charge in [0, 0.05) is 25.3 Å². The van der Waals surface area contributed by atoms with Crippen LogP contribution in [0.1, 0.15) is 12.1 Å². The van der Waals surface area contributed by atoms with Gasteiger partial charge in [0.05, 0.1) is 32.2 Å². The molecular formula is C14H23N3O2. The van der Waals surface area contributed by atoms with Crippen LogP contribution in [0.4, 0.5) is 5.69 Å². The predicted octanol–water partition coefficient (Wildman–Crippen LogP) is 1.53. The van der Waals surface area contributed by atoms with E-state index in [9.17, 15) is 0 Å². The fourth-order valence-corrected chi connectivity index (χ4v) is 2.20. The molecule has 1 aromatic heterocycles. The number of aromatic nitrogens is 1. The van der Waals surface area contributed by atoms with Crippen LogP contribution in [0.3, 0.4) is 0 Å². The first kappa shape index (κ1) is 14.1. The highest BCUT2D eigenvalue weighted by molar-refractivity contribution is 5.55. The van der Waals surface area contributed by atoms with Gasteiger partial charge >= 0.3 is 0 Å². The molecule has 5 nitrogen and oxygen atoms in total. The van der Waals surface area contributed by atoms with Gasteiger partial charge in [0.15, 0.2) is 5.75 Å². The van der Waals surface area contributed by atoms with E-state index in [1.54, 1.807) is 13.3 Å². The van der Waals surface area contributed by atoms with Crippen LogP contribution in [0.2, 0.25) is 0 Å². The van der Waals surface area contributed by atoms with E-state index in [2.05, 4.69) is 15.2 Å². The maximum atomic E-state index is 5.34. The lowest BCUT2D eigenvalue weighted by atomic mass is 10.3. The number of aryl methyl sites for hydroxylation is 1. The molecule has 1 saturated heterocycles. The Morgan fingerprint density at radius 3 is 2.95 bits per heavy atom. The molecule has 0 unspecified atom stereocenters.